The Kier molecular flexibility index (Phi) is 5.37. The summed E-state index contributed by atoms with van der Waals surface area (Å²) in [7, 11) is -2.95. The Balaban J connectivity index is 1.39. The highest BCUT2D eigenvalue weighted by molar-refractivity contribution is 7.91. The van der Waals surface area contributed by atoms with Crippen LogP contribution in [0.1, 0.15) is 30.7 Å². The molecule has 11 heteroatoms. The molecule has 4 aromatic rings. The lowest BCUT2D eigenvalue weighted by molar-refractivity contribution is 0.213. The fourth-order valence-corrected chi connectivity index (χ4v) is 5.51. The zero-order chi connectivity index (χ0) is 23.2. The fourth-order valence-electron chi connectivity index (χ4n) is 4.04. The Morgan fingerprint density at radius 2 is 1.85 bits per heavy atom. The zero-order valence-electron chi connectivity index (χ0n) is 17.4. The van der Waals surface area contributed by atoms with Gasteiger partial charge in [0.1, 0.15) is 32.9 Å². The molecule has 2 aromatic carbocycles. The lowest BCUT2D eigenvalue weighted by atomic mass is 10.1. The van der Waals surface area contributed by atoms with Crippen LogP contribution < -0.4 is 10.5 Å². The van der Waals surface area contributed by atoms with Gasteiger partial charge in [0.25, 0.3) is 0 Å². The van der Waals surface area contributed by atoms with Crippen LogP contribution in [0.25, 0.3) is 22.2 Å². The van der Waals surface area contributed by atoms with Crippen LogP contribution >= 0.6 is 0 Å². The molecule has 2 aromatic heterocycles. The summed E-state index contributed by atoms with van der Waals surface area (Å²) in [6.07, 6.45) is 3.54. The molecule has 1 saturated heterocycles. The number of benzene rings is 2. The molecule has 3 heterocycles. The number of sulfone groups is 1. The lowest BCUT2D eigenvalue weighted by Gasteiger charge is -2.22. The van der Waals surface area contributed by atoms with Gasteiger partial charge >= 0.3 is 0 Å². The van der Waals surface area contributed by atoms with E-state index in [0.29, 0.717) is 24.3 Å². The van der Waals surface area contributed by atoms with Gasteiger partial charge in [-0.15, -0.1) is 0 Å². The summed E-state index contributed by atoms with van der Waals surface area (Å²) in [6.45, 7) is 0. The second-order valence-electron chi connectivity index (χ2n) is 8.11. The van der Waals surface area contributed by atoms with Crippen molar-refractivity contribution in [2.24, 2.45) is 5.73 Å². The monoisotopic (exact) mass is 473 g/mol. The topological polar surface area (TPSA) is 116 Å². The second-order valence-corrected chi connectivity index (χ2v) is 10.4. The molecule has 1 fully saturated rings. The average molecular weight is 474 g/mol. The van der Waals surface area contributed by atoms with Crippen LogP contribution in [0, 0.1) is 11.6 Å². The molecular formula is C22H21F2N5O3S. The Morgan fingerprint density at radius 3 is 2.58 bits per heavy atom. The molecule has 172 valence electrons. The third kappa shape index (κ3) is 4.46. The maximum atomic E-state index is 13.5. The number of halogens is 2. The van der Waals surface area contributed by atoms with E-state index < -0.39 is 27.7 Å². The number of aromatic amines is 1. The van der Waals surface area contributed by atoms with Crippen molar-refractivity contribution >= 4 is 20.7 Å². The molecule has 0 unspecified atom stereocenters. The number of rotatable bonds is 5. The zero-order valence-corrected chi connectivity index (χ0v) is 18.2. The first-order chi connectivity index (χ1) is 15.8. The molecule has 1 aliphatic heterocycles. The van der Waals surface area contributed by atoms with Crippen LogP contribution in [-0.2, 0) is 9.84 Å². The van der Waals surface area contributed by atoms with E-state index >= 15 is 0 Å². The number of hydrogen-bond donors (Lipinski definition) is 2. The van der Waals surface area contributed by atoms with E-state index in [9.17, 15) is 17.2 Å². The van der Waals surface area contributed by atoms with Crippen molar-refractivity contribution in [2.45, 2.75) is 25.1 Å². The highest BCUT2D eigenvalue weighted by Gasteiger charge is 2.25. The molecule has 0 bridgehead atoms. The van der Waals surface area contributed by atoms with Crippen molar-refractivity contribution < 1.29 is 21.9 Å². The van der Waals surface area contributed by atoms with E-state index in [1.807, 2.05) is 6.20 Å². The number of H-pyrrole nitrogens is 1. The van der Waals surface area contributed by atoms with Gasteiger partial charge in [-0.25, -0.2) is 17.2 Å². The van der Waals surface area contributed by atoms with E-state index in [2.05, 4.69) is 15.3 Å². The van der Waals surface area contributed by atoms with Crippen molar-refractivity contribution in [3.8, 4) is 17.0 Å². The van der Waals surface area contributed by atoms with E-state index in [1.165, 1.54) is 0 Å². The molecule has 5 rings (SSSR count). The largest absolute Gasteiger partial charge is 0.471 e. The van der Waals surface area contributed by atoms with Crippen molar-refractivity contribution in [1.82, 2.24) is 20.0 Å². The predicted molar refractivity (Wildman–Crippen MR) is 118 cm³/mol. The number of nitrogens with one attached hydrogen (secondary N) is 1. The van der Waals surface area contributed by atoms with Crippen molar-refractivity contribution in [3.05, 3.63) is 66.0 Å². The number of nitrogens with two attached hydrogens (primary N) is 1. The smallest absolute Gasteiger partial charge is 0.174 e. The van der Waals surface area contributed by atoms with Gasteiger partial charge in [0.05, 0.1) is 29.3 Å². The van der Waals surface area contributed by atoms with Crippen LogP contribution in [0.2, 0.25) is 0 Å². The normalized spacial score (nSPS) is 17.3. The van der Waals surface area contributed by atoms with E-state index in [-0.39, 0.29) is 23.1 Å². The van der Waals surface area contributed by atoms with Crippen LogP contribution in [0.15, 0.2) is 48.8 Å². The van der Waals surface area contributed by atoms with Crippen molar-refractivity contribution in [1.29, 1.82) is 0 Å². The molecule has 1 atom stereocenters. The van der Waals surface area contributed by atoms with E-state index in [4.69, 9.17) is 10.5 Å². The molecule has 33 heavy (non-hydrogen) atoms. The number of ether oxygens (including phenoxy) is 1. The average Bonchev–Trinajstić information content (AvgIpc) is 3.40. The Hall–Kier alpha value is -3.31. The summed E-state index contributed by atoms with van der Waals surface area (Å²) >= 11 is 0. The lowest BCUT2D eigenvalue weighted by Crippen LogP contribution is -2.25. The van der Waals surface area contributed by atoms with Crippen molar-refractivity contribution in [3.63, 3.8) is 0 Å². The molecule has 0 saturated carbocycles. The van der Waals surface area contributed by atoms with Gasteiger partial charge in [-0.3, -0.25) is 15.5 Å². The molecule has 0 radical (unpaired) electrons. The Morgan fingerprint density at radius 1 is 1.12 bits per heavy atom. The summed E-state index contributed by atoms with van der Waals surface area (Å²) in [4.78, 5) is 0. The first-order valence-corrected chi connectivity index (χ1v) is 12.2. The summed E-state index contributed by atoms with van der Waals surface area (Å²) in [5.74, 6) is -0.733. The molecular weight excluding hydrogens is 452 g/mol. The minimum Gasteiger partial charge on any atom is -0.471 e. The summed E-state index contributed by atoms with van der Waals surface area (Å²) in [5.41, 5.74) is 8.36. The Bertz CT molecular complexity index is 1400. The molecule has 1 aliphatic rings. The van der Waals surface area contributed by atoms with Crippen LogP contribution in [0.4, 0.5) is 8.78 Å². The maximum Gasteiger partial charge on any atom is 0.174 e. The summed E-state index contributed by atoms with van der Waals surface area (Å²) < 4.78 is 57.9. The standard InChI is InChI=1S/C22H21F2N5O3S/c23-15-7-13(8-16(24)9-15)22(25)32-18-1-2-20-19(10-18)21(28-27-20)14-11-26-29(12-14)17-3-5-33(30,31)6-4-17/h1-2,7-12,17,22H,3-6,25H2,(H,27,28)/t22-/m0/s1. The Labute approximate surface area is 188 Å². The second kappa shape index (κ2) is 8.23. The predicted octanol–water partition coefficient (Wildman–Crippen LogP) is 3.49. The summed E-state index contributed by atoms with van der Waals surface area (Å²) in [5, 5.41) is 12.5. The number of fused-ring (bicyclic) bond motifs is 1. The highest BCUT2D eigenvalue weighted by Crippen LogP contribution is 2.32. The van der Waals surface area contributed by atoms with Gasteiger partial charge in [0.2, 0.25) is 0 Å². The SMILES string of the molecule is N[C@@H](Oc1ccc2[nH]nc(-c3cnn(C4CCS(=O)(=O)CC4)c3)c2c1)c1cc(F)cc(F)c1. The number of hydrogen-bond acceptors (Lipinski definition) is 6. The summed E-state index contributed by atoms with van der Waals surface area (Å²) in [6, 6.07) is 8.25. The molecule has 0 amide bonds. The third-order valence-corrected chi connectivity index (χ3v) is 7.50. The van der Waals surface area contributed by atoms with E-state index in [0.717, 1.165) is 34.7 Å². The quantitative estimate of drug-likeness (QED) is 0.429. The van der Waals surface area contributed by atoms with Gasteiger partial charge in [0, 0.05) is 28.8 Å². The highest BCUT2D eigenvalue weighted by atomic mass is 32.2. The van der Waals surface area contributed by atoms with E-state index in [1.54, 1.807) is 29.1 Å². The minimum absolute atomic E-state index is 0.0241. The van der Waals surface area contributed by atoms with Crippen molar-refractivity contribution in [2.75, 3.05) is 11.5 Å². The van der Waals surface area contributed by atoms with Crippen LogP contribution in [0.5, 0.6) is 5.75 Å². The van der Waals surface area contributed by atoms with Gasteiger partial charge in [-0.05, 0) is 43.2 Å². The molecule has 0 spiro atoms. The molecule has 3 N–H and O–H groups in total. The number of nitrogens with zero attached hydrogens (tertiary/aromatic N) is 3. The third-order valence-electron chi connectivity index (χ3n) is 5.78. The first kappa shape index (κ1) is 21.5. The molecule has 8 nitrogen and oxygen atoms in total. The fraction of sp³-hybridized carbons (Fsp3) is 0.273. The van der Waals surface area contributed by atoms with Gasteiger partial charge in [-0.1, -0.05) is 0 Å². The molecule has 0 aliphatic carbocycles. The van der Waals surface area contributed by atoms with Crippen LogP contribution in [0.3, 0.4) is 0 Å². The van der Waals surface area contributed by atoms with Crippen LogP contribution in [-0.4, -0.2) is 39.9 Å². The van der Waals surface area contributed by atoms with Gasteiger partial charge in [-0.2, -0.15) is 10.2 Å². The van der Waals surface area contributed by atoms with Gasteiger partial charge in [0.15, 0.2) is 6.23 Å². The first-order valence-electron chi connectivity index (χ1n) is 10.4. The number of aromatic nitrogens is 4. The van der Waals surface area contributed by atoms with Gasteiger partial charge < -0.3 is 4.74 Å². The minimum atomic E-state index is -2.95. The maximum absolute atomic E-state index is 13.5.